The summed E-state index contributed by atoms with van der Waals surface area (Å²) in [6, 6.07) is 0. The lowest BCUT2D eigenvalue weighted by molar-refractivity contribution is -0.146. The lowest BCUT2D eigenvalue weighted by atomic mass is 10.0. The van der Waals surface area contributed by atoms with Crippen LogP contribution in [0.4, 0.5) is 0 Å². The molecular weight excluding hydrogens is 394 g/mol. The summed E-state index contributed by atoms with van der Waals surface area (Å²) >= 11 is 0. The van der Waals surface area contributed by atoms with Gasteiger partial charge in [-0.05, 0) is 13.8 Å². The molecule has 0 aliphatic rings. The van der Waals surface area contributed by atoms with Crippen LogP contribution in [0.25, 0.3) is 0 Å². The van der Waals surface area contributed by atoms with Gasteiger partial charge in [0.15, 0.2) is 12.2 Å². The van der Waals surface area contributed by atoms with Crippen LogP contribution in [0.1, 0.15) is 13.8 Å². The highest BCUT2D eigenvalue weighted by Gasteiger charge is 2.33. The summed E-state index contributed by atoms with van der Waals surface area (Å²) in [7, 11) is 0. The Morgan fingerprint density at radius 1 is 0.586 bits per heavy atom. The van der Waals surface area contributed by atoms with Gasteiger partial charge in [0.2, 0.25) is 0 Å². The second-order valence-electron chi connectivity index (χ2n) is 6.67. The fraction of sp³-hybridized carbons (Fsp3) is 0.875. The Bertz CT molecular complexity index is 452. The SMILES string of the molecule is C[C@@H](O)[C@@H](O)[C@H](O)[C@@H](O)C(=O)NCCNCCNC(=O)[C@H](O)[C@@H](O)[C@H](O)[C@@H](C)O. The number of aliphatic hydroxyl groups excluding tert-OH is 8. The van der Waals surface area contributed by atoms with Crippen LogP contribution in [0.5, 0.6) is 0 Å². The van der Waals surface area contributed by atoms with Crippen LogP contribution in [-0.4, -0.2) is 128 Å². The molecule has 172 valence electrons. The van der Waals surface area contributed by atoms with Gasteiger partial charge in [0.05, 0.1) is 12.2 Å². The lowest BCUT2D eigenvalue weighted by Crippen LogP contribution is -2.51. The molecule has 0 heterocycles. The molecule has 11 N–H and O–H groups in total. The average molecular weight is 427 g/mol. The van der Waals surface area contributed by atoms with Crippen molar-refractivity contribution in [3.63, 3.8) is 0 Å². The van der Waals surface area contributed by atoms with E-state index in [9.17, 15) is 40.2 Å². The van der Waals surface area contributed by atoms with Crippen LogP contribution in [0.3, 0.4) is 0 Å². The van der Waals surface area contributed by atoms with Crippen molar-refractivity contribution in [1.82, 2.24) is 16.0 Å². The van der Waals surface area contributed by atoms with Gasteiger partial charge in [0.25, 0.3) is 11.8 Å². The van der Waals surface area contributed by atoms with Crippen molar-refractivity contribution in [2.45, 2.75) is 62.7 Å². The quantitative estimate of drug-likeness (QED) is 0.117. The molecule has 0 fully saturated rings. The van der Waals surface area contributed by atoms with E-state index in [0.29, 0.717) is 0 Å². The third kappa shape index (κ3) is 9.75. The van der Waals surface area contributed by atoms with E-state index in [1.165, 1.54) is 13.8 Å². The summed E-state index contributed by atoms with van der Waals surface area (Å²) in [5.41, 5.74) is 0. The molecular formula is C16H33N3O10. The largest absolute Gasteiger partial charge is 0.391 e. The maximum Gasteiger partial charge on any atom is 0.251 e. The summed E-state index contributed by atoms with van der Waals surface area (Å²) < 4.78 is 0. The molecule has 13 nitrogen and oxygen atoms in total. The molecule has 0 spiro atoms. The highest BCUT2D eigenvalue weighted by Crippen LogP contribution is 2.05. The van der Waals surface area contributed by atoms with E-state index in [4.69, 9.17) is 10.2 Å². The van der Waals surface area contributed by atoms with Crippen molar-refractivity contribution in [3.05, 3.63) is 0 Å². The zero-order valence-electron chi connectivity index (χ0n) is 16.3. The third-order valence-corrected chi connectivity index (χ3v) is 4.07. The van der Waals surface area contributed by atoms with Crippen LogP contribution in [0.2, 0.25) is 0 Å². The molecule has 0 bridgehead atoms. The number of aliphatic hydroxyl groups is 8. The Morgan fingerprint density at radius 2 is 0.897 bits per heavy atom. The van der Waals surface area contributed by atoms with E-state index in [0.717, 1.165) is 0 Å². The van der Waals surface area contributed by atoms with Crippen molar-refractivity contribution < 1.29 is 50.4 Å². The first-order chi connectivity index (χ1) is 13.4. The second-order valence-corrected chi connectivity index (χ2v) is 6.67. The fourth-order valence-corrected chi connectivity index (χ4v) is 2.14. The molecule has 0 aliphatic heterocycles. The molecule has 0 aliphatic carbocycles. The molecule has 0 saturated heterocycles. The number of rotatable bonds is 14. The first-order valence-electron chi connectivity index (χ1n) is 9.12. The van der Waals surface area contributed by atoms with Crippen molar-refractivity contribution in [2.24, 2.45) is 0 Å². The van der Waals surface area contributed by atoms with Crippen molar-refractivity contribution in [3.8, 4) is 0 Å². The Kier molecular flexibility index (Phi) is 13.1. The Morgan fingerprint density at radius 3 is 1.17 bits per heavy atom. The number of hydrogen-bond acceptors (Lipinski definition) is 11. The number of carbonyl (C=O) groups is 2. The van der Waals surface area contributed by atoms with E-state index in [1.807, 2.05) is 0 Å². The summed E-state index contributed by atoms with van der Waals surface area (Å²) in [6.07, 6.45) is -13.6. The zero-order valence-corrected chi connectivity index (χ0v) is 16.3. The average Bonchev–Trinajstić information content (AvgIpc) is 2.68. The molecule has 0 unspecified atom stereocenters. The van der Waals surface area contributed by atoms with Gasteiger partial charge >= 0.3 is 0 Å². The molecule has 2 amide bonds. The monoisotopic (exact) mass is 427 g/mol. The van der Waals surface area contributed by atoms with E-state index in [1.54, 1.807) is 0 Å². The molecule has 0 aromatic heterocycles. The molecule has 8 atom stereocenters. The summed E-state index contributed by atoms with van der Waals surface area (Å²) in [6.45, 7) is 2.91. The molecule has 0 aromatic rings. The number of amides is 2. The minimum absolute atomic E-state index is 0.0449. The summed E-state index contributed by atoms with van der Waals surface area (Å²) in [4.78, 5) is 23.3. The molecule has 0 saturated carbocycles. The fourth-order valence-electron chi connectivity index (χ4n) is 2.14. The molecule has 0 rings (SSSR count). The van der Waals surface area contributed by atoms with Gasteiger partial charge in [-0.1, -0.05) is 0 Å². The van der Waals surface area contributed by atoms with Crippen LogP contribution in [0.15, 0.2) is 0 Å². The highest BCUT2D eigenvalue weighted by atomic mass is 16.4. The van der Waals surface area contributed by atoms with Gasteiger partial charge in [-0.25, -0.2) is 0 Å². The van der Waals surface area contributed by atoms with E-state index < -0.39 is 60.6 Å². The number of hydrogen-bond donors (Lipinski definition) is 11. The summed E-state index contributed by atoms with van der Waals surface area (Å²) in [5.74, 6) is -1.89. The van der Waals surface area contributed by atoms with Gasteiger partial charge < -0.3 is 56.8 Å². The van der Waals surface area contributed by atoms with Gasteiger partial charge in [0.1, 0.15) is 24.4 Å². The molecule has 29 heavy (non-hydrogen) atoms. The van der Waals surface area contributed by atoms with Crippen LogP contribution >= 0.6 is 0 Å². The highest BCUT2D eigenvalue weighted by molar-refractivity contribution is 5.81. The minimum atomic E-state index is -1.93. The number of carbonyl (C=O) groups excluding carboxylic acids is 2. The van der Waals surface area contributed by atoms with Crippen LogP contribution in [-0.2, 0) is 9.59 Å². The first kappa shape index (κ1) is 27.6. The molecule has 13 heteroatoms. The Hall–Kier alpha value is -1.42. The van der Waals surface area contributed by atoms with Gasteiger partial charge in [0, 0.05) is 26.2 Å². The zero-order chi connectivity index (χ0) is 22.7. The smallest absolute Gasteiger partial charge is 0.251 e. The predicted molar refractivity (Wildman–Crippen MR) is 98.3 cm³/mol. The lowest BCUT2D eigenvalue weighted by Gasteiger charge is -2.24. The van der Waals surface area contributed by atoms with E-state index in [-0.39, 0.29) is 26.2 Å². The first-order valence-corrected chi connectivity index (χ1v) is 9.12. The van der Waals surface area contributed by atoms with Crippen molar-refractivity contribution in [2.75, 3.05) is 26.2 Å². The van der Waals surface area contributed by atoms with E-state index in [2.05, 4.69) is 16.0 Å². The standard InChI is InChI=1S/C16H33N3O10/c1-7(20)9(22)11(24)13(26)15(28)18-5-3-17-4-6-19-16(29)14(27)12(25)10(23)8(2)21/h7-14,17,20-27H,3-6H2,1-2H3,(H,18,28)(H,19,29)/t7-,8-,9-,10-,11+,12+,13-,14-/m1/s1. The third-order valence-electron chi connectivity index (χ3n) is 4.07. The maximum absolute atomic E-state index is 11.6. The van der Waals surface area contributed by atoms with Gasteiger partial charge in [-0.2, -0.15) is 0 Å². The van der Waals surface area contributed by atoms with E-state index >= 15 is 0 Å². The second kappa shape index (κ2) is 13.7. The van der Waals surface area contributed by atoms with Gasteiger partial charge in [-0.3, -0.25) is 9.59 Å². The van der Waals surface area contributed by atoms with Crippen LogP contribution in [0, 0.1) is 0 Å². The Labute approximate surface area is 168 Å². The van der Waals surface area contributed by atoms with Crippen molar-refractivity contribution in [1.29, 1.82) is 0 Å². The summed E-state index contributed by atoms with van der Waals surface area (Å²) in [5, 5.41) is 82.8. The van der Waals surface area contributed by atoms with Gasteiger partial charge in [-0.15, -0.1) is 0 Å². The number of nitrogens with one attached hydrogen (secondary N) is 3. The van der Waals surface area contributed by atoms with Crippen LogP contribution < -0.4 is 16.0 Å². The molecule has 0 radical (unpaired) electrons. The predicted octanol–water partition coefficient (Wildman–Crippen LogP) is -6.26. The normalized spacial score (nSPS) is 19.9. The Balaban J connectivity index is 4.00. The molecule has 0 aromatic carbocycles. The topological polar surface area (TPSA) is 232 Å². The van der Waals surface area contributed by atoms with Crippen molar-refractivity contribution >= 4 is 11.8 Å². The maximum atomic E-state index is 11.6. The minimum Gasteiger partial charge on any atom is -0.391 e.